The molecule has 2 fully saturated rings. The van der Waals surface area contributed by atoms with Gasteiger partial charge in [-0.1, -0.05) is 30.8 Å². The molecule has 1 saturated heterocycles. The Labute approximate surface area is 160 Å². The van der Waals surface area contributed by atoms with E-state index >= 15 is 0 Å². The van der Waals surface area contributed by atoms with Crippen LogP contribution in [0.1, 0.15) is 50.0 Å². The van der Waals surface area contributed by atoms with Gasteiger partial charge in [-0.15, -0.1) is 5.10 Å². The van der Waals surface area contributed by atoms with Crippen molar-refractivity contribution in [1.29, 1.82) is 0 Å². The summed E-state index contributed by atoms with van der Waals surface area (Å²) in [6.45, 7) is 4.54. The highest BCUT2D eigenvalue weighted by atomic mass is 16.5. The largest absolute Gasteiger partial charge is 0.408 e. The topological polar surface area (TPSA) is 76.3 Å². The first-order valence-electron chi connectivity index (χ1n) is 10.1. The lowest BCUT2D eigenvalue weighted by Gasteiger charge is -2.45. The fourth-order valence-electron chi connectivity index (χ4n) is 4.34. The maximum absolute atomic E-state index is 5.85. The van der Waals surface area contributed by atoms with Crippen molar-refractivity contribution in [3.8, 4) is 0 Å². The minimum Gasteiger partial charge on any atom is -0.408 e. The van der Waals surface area contributed by atoms with E-state index in [9.17, 15) is 0 Å². The van der Waals surface area contributed by atoms with E-state index in [2.05, 4.69) is 25.4 Å². The summed E-state index contributed by atoms with van der Waals surface area (Å²) in [6, 6.07) is 4.46. The third-order valence-corrected chi connectivity index (χ3v) is 5.86. The minimum absolute atomic E-state index is 0.167. The highest BCUT2D eigenvalue weighted by molar-refractivity contribution is 5.21. The summed E-state index contributed by atoms with van der Waals surface area (Å²) in [5.41, 5.74) is 1.29. The molecular formula is C20H29N5O2. The van der Waals surface area contributed by atoms with Gasteiger partial charge in [-0.05, 0) is 30.5 Å². The number of nitrogens with one attached hydrogen (secondary N) is 1. The monoisotopic (exact) mass is 371 g/mol. The zero-order valence-electron chi connectivity index (χ0n) is 15.9. The zero-order chi connectivity index (χ0) is 18.4. The summed E-state index contributed by atoms with van der Waals surface area (Å²) in [5, 5.41) is 11.9. The van der Waals surface area contributed by atoms with Gasteiger partial charge >= 0.3 is 6.01 Å². The molecule has 1 aliphatic heterocycles. The van der Waals surface area contributed by atoms with E-state index in [4.69, 9.17) is 9.15 Å². The van der Waals surface area contributed by atoms with Crippen molar-refractivity contribution in [3.05, 3.63) is 36.0 Å². The van der Waals surface area contributed by atoms with Crippen molar-refractivity contribution < 1.29 is 9.15 Å². The summed E-state index contributed by atoms with van der Waals surface area (Å²) < 4.78 is 11.4. The SMILES string of the molecule is c1cc(Cc2nnc(NCC3(N4CCOCC4)CCCCCC3)o2)ccn1. The number of aromatic nitrogens is 3. The van der Waals surface area contributed by atoms with Crippen LogP contribution in [0.3, 0.4) is 0 Å². The molecule has 1 saturated carbocycles. The zero-order valence-corrected chi connectivity index (χ0v) is 15.9. The lowest BCUT2D eigenvalue weighted by molar-refractivity contribution is -0.0241. The van der Waals surface area contributed by atoms with Gasteiger partial charge in [0.15, 0.2) is 0 Å². The van der Waals surface area contributed by atoms with Gasteiger partial charge in [0, 0.05) is 37.6 Å². The smallest absolute Gasteiger partial charge is 0.315 e. The van der Waals surface area contributed by atoms with Crippen LogP contribution >= 0.6 is 0 Å². The molecule has 7 heteroatoms. The summed E-state index contributed by atoms with van der Waals surface area (Å²) in [7, 11) is 0. The van der Waals surface area contributed by atoms with Crippen LogP contribution in [0.4, 0.5) is 6.01 Å². The second kappa shape index (κ2) is 8.80. The number of ether oxygens (including phenoxy) is 1. The van der Waals surface area contributed by atoms with E-state index < -0.39 is 0 Å². The number of pyridine rings is 1. The van der Waals surface area contributed by atoms with E-state index in [1.807, 2.05) is 12.1 Å². The Kier molecular flexibility index (Phi) is 5.99. The van der Waals surface area contributed by atoms with Crippen LogP contribution in [-0.4, -0.2) is 58.5 Å². The molecule has 0 atom stereocenters. The van der Waals surface area contributed by atoms with E-state index in [0.29, 0.717) is 18.3 Å². The first kappa shape index (κ1) is 18.4. The average molecular weight is 371 g/mol. The number of anilines is 1. The Morgan fingerprint density at radius 2 is 1.74 bits per heavy atom. The van der Waals surface area contributed by atoms with Gasteiger partial charge in [0.05, 0.1) is 19.6 Å². The van der Waals surface area contributed by atoms with Crippen molar-refractivity contribution in [2.75, 3.05) is 38.2 Å². The maximum atomic E-state index is 5.85. The fourth-order valence-corrected chi connectivity index (χ4v) is 4.34. The third kappa shape index (κ3) is 4.65. The van der Waals surface area contributed by atoms with Crippen LogP contribution in [0.15, 0.2) is 28.9 Å². The van der Waals surface area contributed by atoms with Crippen LogP contribution < -0.4 is 5.32 Å². The molecule has 1 aliphatic carbocycles. The van der Waals surface area contributed by atoms with Crippen molar-refractivity contribution >= 4 is 6.01 Å². The second-order valence-corrected chi connectivity index (χ2v) is 7.62. The van der Waals surface area contributed by atoms with Gasteiger partial charge in [0.2, 0.25) is 5.89 Å². The fraction of sp³-hybridized carbons (Fsp3) is 0.650. The Hall–Kier alpha value is -1.99. The van der Waals surface area contributed by atoms with Gasteiger partial charge in [-0.25, -0.2) is 0 Å². The maximum Gasteiger partial charge on any atom is 0.315 e. The van der Waals surface area contributed by atoms with Gasteiger partial charge < -0.3 is 14.5 Å². The number of rotatable bonds is 6. The summed E-state index contributed by atoms with van der Waals surface area (Å²) in [6.07, 6.45) is 11.9. The molecule has 0 aromatic carbocycles. The quantitative estimate of drug-likeness (QED) is 0.783. The molecule has 146 valence electrons. The van der Waals surface area contributed by atoms with E-state index in [-0.39, 0.29) is 5.54 Å². The Morgan fingerprint density at radius 3 is 2.48 bits per heavy atom. The molecule has 0 amide bonds. The van der Waals surface area contributed by atoms with Crippen molar-refractivity contribution in [2.45, 2.75) is 50.5 Å². The molecule has 2 aliphatic rings. The van der Waals surface area contributed by atoms with E-state index in [1.165, 1.54) is 38.5 Å². The van der Waals surface area contributed by atoms with Crippen LogP contribution in [-0.2, 0) is 11.2 Å². The molecule has 2 aromatic rings. The van der Waals surface area contributed by atoms with Crippen molar-refractivity contribution in [3.63, 3.8) is 0 Å². The predicted octanol–water partition coefficient (Wildman–Crippen LogP) is 2.89. The summed E-state index contributed by atoms with van der Waals surface area (Å²) in [4.78, 5) is 6.67. The molecular weight excluding hydrogens is 342 g/mol. The highest BCUT2D eigenvalue weighted by Crippen LogP contribution is 2.33. The second-order valence-electron chi connectivity index (χ2n) is 7.62. The lowest BCUT2D eigenvalue weighted by atomic mass is 9.87. The standard InChI is InChI=1S/C20H29N5O2/c1-2-4-8-20(7-3-1,25-11-13-26-14-12-25)16-22-19-24-23-18(27-19)15-17-5-9-21-10-6-17/h5-6,9-10H,1-4,7-8,11-16H2,(H,22,24). The van der Waals surface area contributed by atoms with Gasteiger partial charge in [0.1, 0.15) is 0 Å². The number of nitrogens with zero attached hydrogens (tertiary/aromatic N) is 4. The van der Waals surface area contributed by atoms with Crippen LogP contribution in [0.5, 0.6) is 0 Å². The number of morpholine rings is 1. The Morgan fingerprint density at radius 1 is 1.00 bits per heavy atom. The molecule has 7 nitrogen and oxygen atoms in total. The normalized spacial score (nSPS) is 20.9. The molecule has 0 radical (unpaired) electrons. The van der Waals surface area contributed by atoms with Gasteiger partial charge in [-0.2, -0.15) is 0 Å². The molecule has 0 bridgehead atoms. The van der Waals surface area contributed by atoms with E-state index in [1.54, 1.807) is 12.4 Å². The van der Waals surface area contributed by atoms with Crippen molar-refractivity contribution in [1.82, 2.24) is 20.1 Å². The minimum atomic E-state index is 0.167. The van der Waals surface area contributed by atoms with E-state index in [0.717, 1.165) is 38.4 Å². The molecule has 2 aromatic heterocycles. The Bertz CT molecular complexity index is 691. The third-order valence-electron chi connectivity index (χ3n) is 5.86. The summed E-state index contributed by atoms with van der Waals surface area (Å²) in [5.74, 6) is 0.630. The molecule has 0 unspecified atom stereocenters. The van der Waals surface area contributed by atoms with Crippen LogP contribution in [0, 0.1) is 0 Å². The lowest BCUT2D eigenvalue weighted by Crippen LogP contribution is -2.56. The molecule has 27 heavy (non-hydrogen) atoms. The molecule has 0 spiro atoms. The van der Waals surface area contributed by atoms with Crippen LogP contribution in [0.2, 0.25) is 0 Å². The Balaban J connectivity index is 1.41. The number of hydrogen-bond donors (Lipinski definition) is 1. The first-order valence-corrected chi connectivity index (χ1v) is 10.1. The average Bonchev–Trinajstić information content (AvgIpc) is 3.02. The van der Waals surface area contributed by atoms with Crippen molar-refractivity contribution in [2.24, 2.45) is 0 Å². The predicted molar refractivity (Wildman–Crippen MR) is 103 cm³/mol. The van der Waals surface area contributed by atoms with Crippen LogP contribution in [0.25, 0.3) is 0 Å². The van der Waals surface area contributed by atoms with Gasteiger partial charge in [0.25, 0.3) is 0 Å². The highest BCUT2D eigenvalue weighted by Gasteiger charge is 2.38. The first-order chi connectivity index (χ1) is 13.3. The molecule has 4 rings (SSSR count). The summed E-state index contributed by atoms with van der Waals surface area (Å²) >= 11 is 0. The number of hydrogen-bond acceptors (Lipinski definition) is 7. The van der Waals surface area contributed by atoms with Gasteiger partial charge in [-0.3, -0.25) is 9.88 Å². The molecule has 1 N–H and O–H groups in total. The molecule has 3 heterocycles.